The smallest absolute Gasteiger partial charge is 0.115 e. The highest BCUT2D eigenvalue weighted by atomic mass is 16.3. The van der Waals surface area contributed by atoms with Crippen LogP contribution in [0.2, 0.25) is 0 Å². The van der Waals surface area contributed by atoms with Gasteiger partial charge in [-0.05, 0) is 26.0 Å². The number of piperidine rings is 1. The highest BCUT2D eigenvalue weighted by Crippen LogP contribution is 2.30. The zero-order valence-corrected chi connectivity index (χ0v) is 8.35. The largest absolute Gasteiger partial charge is 0.383 e. The Bertz CT molecular complexity index is 293. The summed E-state index contributed by atoms with van der Waals surface area (Å²) in [6, 6.07) is 1.80. The molecule has 0 spiro atoms. The van der Waals surface area contributed by atoms with Gasteiger partial charge in [0.2, 0.25) is 0 Å². The molecule has 0 radical (unpaired) electrons. The Morgan fingerprint density at radius 2 is 2.14 bits per heavy atom. The van der Waals surface area contributed by atoms with Gasteiger partial charge in [-0.25, -0.2) is 9.97 Å². The van der Waals surface area contributed by atoms with Crippen LogP contribution in [0.4, 0.5) is 0 Å². The van der Waals surface area contributed by atoms with Crippen LogP contribution in [0.1, 0.15) is 18.5 Å². The van der Waals surface area contributed by atoms with Crippen LogP contribution in [0.25, 0.3) is 0 Å². The van der Waals surface area contributed by atoms with Crippen molar-refractivity contribution in [1.29, 1.82) is 0 Å². The fourth-order valence-electron chi connectivity index (χ4n) is 1.81. The SMILES string of the molecule is CN1CCC(O)(c2ccncn2)CC1. The topological polar surface area (TPSA) is 49.2 Å². The van der Waals surface area contributed by atoms with Crippen LogP contribution >= 0.6 is 0 Å². The van der Waals surface area contributed by atoms with Gasteiger partial charge in [0.15, 0.2) is 0 Å². The molecule has 0 bridgehead atoms. The molecule has 14 heavy (non-hydrogen) atoms. The molecule has 1 saturated heterocycles. The first-order valence-electron chi connectivity index (χ1n) is 4.88. The minimum absolute atomic E-state index is 0.741. The molecule has 1 aromatic heterocycles. The van der Waals surface area contributed by atoms with E-state index in [-0.39, 0.29) is 0 Å². The molecule has 0 amide bonds. The van der Waals surface area contributed by atoms with Crippen LogP contribution in [0.3, 0.4) is 0 Å². The van der Waals surface area contributed by atoms with Gasteiger partial charge in [0.05, 0.1) is 5.69 Å². The number of hydrogen-bond donors (Lipinski definition) is 1. The van der Waals surface area contributed by atoms with E-state index in [0.717, 1.165) is 31.6 Å². The fraction of sp³-hybridized carbons (Fsp3) is 0.600. The van der Waals surface area contributed by atoms with Crippen molar-refractivity contribution in [3.05, 3.63) is 24.3 Å². The maximum absolute atomic E-state index is 10.3. The molecule has 0 saturated carbocycles. The van der Waals surface area contributed by atoms with Crippen molar-refractivity contribution in [1.82, 2.24) is 14.9 Å². The molecule has 1 aliphatic heterocycles. The van der Waals surface area contributed by atoms with Gasteiger partial charge in [-0.15, -0.1) is 0 Å². The van der Waals surface area contributed by atoms with Crippen molar-refractivity contribution < 1.29 is 5.11 Å². The van der Waals surface area contributed by atoms with Gasteiger partial charge in [-0.2, -0.15) is 0 Å². The van der Waals surface area contributed by atoms with Gasteiger partial charge in [0, 0.05) is 19.3 Å². The third-order valence-electron chi connectivity index (χ3n) is 2.87. The second kappa shape index (κ2) is 3.63. The van der Waals surface area contributed by atoms with Crippen LogP contribution in [0, 0.1) is 0 Å². The van der Waals surface area contributed by atoms with E-state index < -0.39 is 5.60 Å². The first-order valence-corrected chi connectivity index (χ1v) is 4.88. The third kappa shape index (κ3) is 1.76. The summed E-state index contributed by atoms with van der Waals surface area (Å²) < 4.78 is 0. The standard InChI is InChI=1S/C10H15N3O/c1-13-6-3-10(14,4-7-13)9-2-5-11-8-12-9/h2,5,8,14H,3-4,6-7H2,1H3. The molecule has 1 fully saturated rings. The average molecular weight is 193 g/mol. The lowest BCUT2D eigenvalue weighted by atomic mass is 9.88. The van der Waals surface area contributed by atoms with Gasteiger partial charge in [-0.1, -0.05) is 0 Å². The Balaban J connectivity index is 2.17. The van der Waals surface area contributed by atoms with Crippen molar-refractivity contribution in [3.63, 3.8) is 0 Å². The van der Waals surface area contributed by atoms with Crippen LogP contribution in [0.15, 0.2) is 18.6 Å². The second-order valence-electron chi connectivity index (χ2n) is 3.93. The summed E-state index contributed by atoms with van der Waals surface area (Å²) in [7, 11) is 2.07. The maximum atomic E-state index is 10.3. The Hall–Kier alpha value is -1.00. The lowest BCUT2D eigenvalue weighted by Crippen LogP contribution is -2.41. The molecule has 2 rings (SSSR count). The van der Waals surface area contributed by atoms with Crippen LogP contribution in [0.5, 0.6) is 0 Å². The minimum atomic E-state index is -0.741. The van der Waals surface area contributed by atoms with Crippen LogP contribution < -0.4 is 0 Å². The van der Waals surface area contributed by atoms with E-state index in [2.05, 4.69) is 21.9 Å². The molecule has 0 atom stereocenters. The molecule has 0 unspecified atom stereocenters. The molecule has 4 nitrogen and oxygen atoms in total. The van der Waals surface area contributed by atoms with Crippen LogP contribution in [-0.4, -0.2) is 40.1 Å². The Morgan fingerprint density at radius 3 is 2.71 bits per heavy atom. The van der Waals surface area contributed by atoms with E-state index in [4.69, 9.17) is 0 Å². The summed E-state index contributed by atoms with van der Waals surface area (Å²) in [6.07, 6.45) is 4.67. The molecule has 0 aromatic carbocycles. The van der Waals surface area contributed by atoms with E-state index in [1.807, 2.05) is 0 Å². The minimum Gasteiger partial charge on any atom is -0.383 e. The maximum Gasteiger partial charge on any atom is 0.115 e. The van der Waals surface area contributed by atoms with E-state index in [0.29, 0.717) is 0 Å². The number of rotatable bonds is 1. The van der Waals surface area contributed by atoms with Gasteiger partial charge in [0.1, 0.15) is 11.9 Å². The van der Waals surface area contributed by atoms with E-state index in [1.165, 1.54) is 6.33 Å². The molecule has 1 aromatic rings. The monoisotopic (exact) mass is 193 g/mol. The van der Waals surface area contributed by atoms with E-state index >= 15 is 0 Å². The van der Waals surface area contributed by atoms with Gasteiger partial charge < -0.3 is 10.0 Å². The fourth-order valence-corrected chi connectivity index (χ4v) is 1.81. The summed E-state index contributed by atoms with van der Waals surface area (Å²) in [5.74, 6) is 0. The number of aromatic nitrogens is 2. The number of aliphatic hydroxyl groups is 1. The Labute approximate surface area is 83.6 Å². The summed E-state index contributed by atoms with van der Waals surface area (Å²) in [5.41, 5.74) is 0.00993. The van der Waals surface area contributed by atoms with Crippen molar-refractivity contribution in [2.45, 2.75) is 18.4 Å². The summed E-state index contributed by atoms with van der Waals surface area (Å²) in [4.78, 5) is 10.2. The summed E-state index contributed by atoms with van der Waals surface area (Å²) in [6.45, 7) is 1.83. The molecule has 76 valence electrons. The van der Waals surface area contributed by atoms with E-state index in [9.17, 15) is 5.11 Å². The Morgan fingerprint density at radius 1 is 1.43 bits per heavy atom. The van der Waals surface area contributed by atoms with Crippen molar-refractivity contribution in [2.24, 2.45) is 0 Å². The second-order valence-corrected chi connectivity index (χ2v) is 3.93. The highest BCUT2D eigenvalue weighted by molar-refractivity contribution is 5.11. The van der Waals surface area contributed by atoms with Gasteiger partial charge in [0.25, 0.3) is 0 Å². The predicted molar refractivity (Wildman–Crippen MR) is 52.7 cm³/mol. The van der Waals surface area contributed by atoms with Crippen molar-refractivity contribution in [2.75, 3.05) is 20.1 Å². The summed E-state index contributed by atoms with van der Waals surface area (Å²) in [5, 5.41) is 10.3. The molecule has 4 heteroatoms. The molecule has 1 N–H and O–H groups in total. The lowest BCUT2D eigenvalue weighted by molar-refractivity contribution is -0.0239. The number of nitrogens with zero attached hydrogens (tertiary/aromatic N) is 3. The van der Waals surface area contributed by atoms with Crippen molar-refractivity contribution in [3.8, 4) is 0 Å². The lowest BCUT2D eigenvalue weighted by Gasteiger charge is -2.35. The first-order chi connectivity index (χ1) is 6.71. The van der Waals surface area contributed by atoms with Gasteiger partial charge >= 0.3 is 0 Å². The van der Waals surface area contributed by atoms with Crippen molar-refractivity contribution >= 4 is 0 Å². The molecule has 1 aliphatic rings. The molecular formula is C10H15N3O. The number of hydrogen-bond acceptors (Lipinski definition) is 4. The zero-order valence-electron chi connectivity index (χ0n) is 8.35. The molecule has 2 heterocycles. The molecular weight excluding hydrogens is 178 g/mol. The molecule has 0 aliphatic carbocycles. The predicted octanol–water partition coefficient (Wildman–Crippen LogP) is 0.390. The van der Waals surface area contributed by atoms with Gasteiger partial charge in [-0.3, -0.25) is 0 Å². The normalized spacial score (nSPS) is 22.1. The van der Waals surface area contributed by atoms with Crippen LogP contribution in [-0.2, 0) is 5.60 Å². The first kappa shape index (κ1) is 9.55. The average Bonchev–Trinajstić information content (AvgIpc) is 2.24. The van der Waals surface area contributed by atoms with E-state index in [1.54, 1.807) is 12.3 Å². The zero-order chi connectivity index (χ0) is 10.0. The Kier molecular flexibility index (Phi) is 2.48. The number of likely N-dealkylation sites (tertiary alicyclic amines) is 1. The highest BCUT2D eigenvalue weighted by Gasteiger charge is 2.33. The third-order valence-corrected chi connectivity index (χ3v) is 2.87. The summed E-state index contributed by atoms with van der Waals surface area (Å²) >= 11 is 0. The quantitative estimate of drug-likeness (QED) is 0.701.